The predicted octanol–water partition coefficient (Wildman–Crippen LogP) is -0.465. The van der Waals surface area contributed by atoms with Crippen molar-refractivity contribution in [3.63, 3.8) is 0 Å². The van der Waals surface area contributed by atoms with Crippen LogP contribution in [0, 0.1) is 0 Å². The number of hydrogen-bond acceptors (Lipinski definition) is 7. The van der Waals surface area contributed by atoms with Crippen molar-refractivity contribution in [2.24, 2.45) is 0 Å². The van der Waals surface area contributed by atoms with E-state index in [0.717, 1.165) is 12.3 Å². The normalized spacial score (nSPS) is 27.7. The minimum absolute atomic E-state index is 0.366. The molecule has 1 aromatic rings. The molecule has 0 aliphatic carbocycles. The largest absolute Gasteiger partial charge is 0.382 e. The highest BCUT2D eigenvalue weighted by Gasteiger charge is 2.60. The molecule has 1 saturated heterocycles. The Balaban J connectivity index is 2.31. The van der Waals surface area contributed by atoms with Gasteiger partial charge < -0.3 is 14.6 Å². The summed E-state index contributed by atoms with van der Waals surface area (Å²) in [6, 6.07) is 0.815. The Morgan fingerprint density at radius 2 is 2.14 bits per heavy atom. The van der Waals surface area contributed by atoms with Crippen LogP contribution in [0.5, 0.6) is 0 Å². The number of aromatic amines is 1. The summed E-state index contributed by atoms with van der Waals surface area (Å²) in [5.74, 6) is -3.93. The zero-order chi connectivity index (χ0) is 15.8. The van der Waals surface area contributed by atoms with E-state index in [1.165, 1.54) is 0 Å². The van der Waals surface area contributed by atoms with Crippen molar-refractivity contribution < 1.29 is 32.5 Å². The highest BCUT2D eigenvalue weighted by atomic mass is 31.1. The number of ether oxygens (including phenoxy) is 2. The fraction of sp³-hybridized carbons (Fsp3) is 0.556. The lowest BCUT2D eigenvalue weighted by atomic mass is 10.2. The van der Waals surface area contributed by atoms with Gasteiger partial charge in [-0.15, -0.1) is 0 Å². The van der Waals surface area contributed by atoms with Gasteiger partial charge in [0.05, 0.1) is 0 Å². The molecule has 0 spiro atoms. The number of halogens is 2. The number of aliphatic hydroxyl groups is 1. The number of aliphatic hydroxyl groups excluding tert-OH is 1. The zero-order valence-corrected chi connectivity index (χ0v) is 11.0. The Bertz CT molecular complexity index is 705. The van der Waals surface area contributed by atoms with Gasteiger partial charge in [-0.05, 0) is 0 Å². The van der Waals surface area contributed by atoms with Crippen LogP contribution in [0.25, 0.3) is 0 Å². The molecular formula is C9H9F2N2O7P. The molecule has 1 aromatic heterocycles. The van der Waals surface area contributed by atoms with Gasteiger partial charge in [-0.3, -0.25) is 14.3 Å². The summed E-state index contributed by atoms with van der Waals surface area (Å²) in [4.78, 5) is 24.1. The lowest BCUT2D eigenvalue weighted by Crippen LogP contribution is -2.42. The lowest BCUT2D eigenvalue weighted by Gasteiger charge is -2.20. The molecule has 0 aromatic carbocycles. The molecule has 21 heavy (non-hydrogen) atoms. The highest BCUT2D eigenvalue weighted by molar-refractivity contribution is 7.30. The predicted molar refractivity (Wildman–Crippen MR) is 60.4 cm³/mol. The van der Waals surface area contributed by atoms with Crippen molar-refractivity contribution in [1.82, 2.24) is 9.55 Å². The molecule has 2 rings (SSSR count). The summed E-state index contributed by atoms with van der Waals surface area (Å²) in [5.41, 5.74) is -1.97. The molecule has 9 nitrogen and oxygen atoms in total. The van der Waals surface area contributed by atoms with Gasteiger partial charge in [0.15, 0.2) is 18.7 Å². The molecule has 0 radical (unpaired) electrons. The van der Waals surface area contributed by atoms with Crippen LogP contribution in [-0.2, 0) is 18.6 Å². The number of H-pyrrole nitrogens is 1. The number of alkyl halides is 2. The van der Waals surface area contributed by atoms with Crippen LogP contribution in [0.4, 0.5) is 8.78 Å². The third-order valence-electron chi connectivity index (χ3n) is 2.69. The number of hydrogen-bond donors (Lipinski definition) is 2. The second kappa shape index (κ2) is 5.60. The van der Waals surface area contributed by atoms with Gasteiger partial charge in [0.25, 0.3) is 5.56 Å². The monoisotopic (exact) mass is 326 g/mol. The maximum atomic E-state index is 13.9. The van der Waals surface area contributed by atoms with Crippen molar-refractivity contribution in [3.8, 4) is 0 Å². The van der Waals surface area contributed by atoms with Gasteiger partial charge in [0.2, 0.25) is 6.23 Å². The average molecular weight is 326 g/mol. The molecule has 116 valence electrons. The molecule has 0 bridgehead atoms. The van der Waals surface area contributed by atoms with E-state index in [-0.39, 0.29) is 0 Å². The quantitative estimate of drug-likeness (QED) is 0.716. The Kier molecular flexibility index (Phi) is 4.19. The molecule has 0 unspecified atom stereocenters. The standard InChI is InChI=1S/C9H9F2N2O7P/c10-9(11)5(15)6(19-3-21(17)18)20-7(9)13-2-1-4(14)12-8(13)16/h1-2,5-7,15H,3H2,(H,12,14,16)/t5-,6+,7-/m1/s1. The lowest BCUT2D eigenvalue weighted by molar-refractivity contribution is -0.168. The van der Waals surface area contributed by atoms with E-state index in [1.807, 2.05) is 0 Å². The van der Waals surface area contributed by atoms with Crippen molar-refractivity contribution in [2.75, 3.05) is 6.35 Å². The molecular weight excluding hydrogens is 317 g/mol. The van der Waals surface area contributed by atoms with Gasteiger partial charge in [0.1, 0.15) is 0 Å². The minimum atomic E-state index is -3.93. The Morgan fingerprint density at radius 1 is 1.48 bits per heavy atom. The summed E-state index contributed by atoms with van der Waals surface area (Å²) in [7, 11) is -3.02. The van der Waals surface area contributed by atoms with Gasteiger partial charge in [-0.25, -0.2) is 13.9 Å². The van der Waals surface area contributed by atoms with Crippen LogP contribution < -0.4 is 11.2 Å². The van der Waals surface area contributed by atoms with E-state index in [9.17, 15) is 32.6 Å². The van der Waals surface area contributed by atoms with Crippen LogP contribution in [0.2, 0.25) is 0 Å². The Hall–Kier alpha value is -1.68. The van der Waals surface area contributed by atoms with Crippen molar-refractivity contribution in [2.45, 2.75) is 24.5 Å². The summed E-state index contributed by atoms with van der Waals surface area (Å²) in [6.45, 7) is 0. The zero-order valence-electron chi connectivity index (χ0n) is 10.1. The van der Waals surface area contributed by atoms with Crippen molar-refractivity contribution >= 4 is 7.68 Å². The Labute approximate surface area is 114 Å². The van der Waals surface area contributed by atoms with E-state index in [4.69, 9.17) is 4.74 Å². The second-order valence-electron chi connectivity index (χ2n) is 4.12. The van der Waals surface area contributed by atoms with E-state index in [2.05, 4.69) is 4.74 Å². The first kappa shape index (κ1) is 15.7. The maximum Gasteiger partial charge on any atom is 0.342 e. The molecule has 12 heteroatoms. The molecule has 0 amide bonds. The van der Waals surface area contributed by atoms with Crippen LogP contribution in [0.1, 0.15) is 6.23 Å². The number of nitrogens with zero attached hydrogens (tertiary/aromatic N) is 1. The van der Waals surface area contributed by atoms with E-state index < -0.39 is 49.8 Å². The summed E-state index contributed by atoms with van der Waals surface area (Å²) in [6.07, 6.45) is -6.82. The van der Waals surface area contributed by atoms with Crippen molar-refractivity contribution in [1.29, 1.82) is 0 Å². The first-order valence-electron chi connectivity index (χ1n) is 5.49. The van der Waals surface area contributed by atoms with Crippen LogP contribution >= 0.6 is 7.68 Å². The smallest absolute Gasteiger partial charge is 0.342 e. The SMILES string of the molecule is O=c1ccn([C@@H]2O[C@H](OCP(=O)=O)[C@@H](O)C2(F)F)c(=O)[nH]1. The fourth-order valence-electron chi connectivity index (χ4n) is 1.75. The molecule has 1 aliphatic heterocycles. The second-order valence-corrected chi connectivity index (χ2v) is 5.05. The fourth-order valence-corrected chi connectivity index (χ4v) is 2.02. The molecule has 1 aliphatic rings. The average Bonchev–Trinajstić information content (AvgIpc) is 2.60. The first-order chi connectivity index (χ1) is 9.73. The van der Waals surface area contributed by atoms with Crippen molar-refractivity contribution in [3.05, 3.63) is 33.1 Å². The van der Waals surface area contributed by atoms with Gasteiger partial charge >= 0.3 is 19.3 Å². The number of aromatic nitrogens is 2. The summed E-state index contributed by atoms with van der Waals surface area (Å²) in [5, 5.41) is 9.42. The number of rotatable bonds is 4. The van der Waals surface area contributed by atoms with Crippen LogP contribution in [-0.4, -0.2) is 39.3 Å². The molecule has 1 fully saturated rings. The summed E-state index contributed by atoms with van der Waals surface area (Å²) < 4.78 is 58.0. The Morgan fingerprint density at radius 3 is 2.71 bits per heavy atom. The third-order valence-corrected chi connectivity index (χ3v) is 3.05. The number of nitrogens with one attached hydrogen (secondary N) is 1. The first-order valence-corrected chi connectivity index (χ1v) is 6.86. The third kappa shape index (κ3) is 3.00. The van der Waals surface area contributed by atoms with E-state index >= 15 is 0 Å². The topological polar surface area (TPSA) is 128 Å². The molecule has 2 N–H and O–H groups in total. The van der Waals surface area contributed by atoms with Gasteiger partial charge in [-0.1, -0.05) is 0 Å². The van der Waals surface area contributed by atoms with E-state index in [1.54, 1.807) is 4.98 Å². The van der Waals surface area contributed by atoms with E-state index in [0.29, 0.717) is 4.57 Å². The summed E-state index contributed by atoms with van der Waals surface area (Å²) >= 11 is 0. The minimum Gasteiger partial charge on any atom is -0.382 e. The van der Waals surface area contributed by atoms with Crippen LogP contribution in [0.3, 0.4) is 0 Å². The molecule has 0 saturated carbocycles. The highest BCUT2D eigenvalue weighted by Crippen LogP contribution is 2.42. The van der Waals surface area contributed by atoms with Gasteiger partial charge in [-0.2, -0.15) is 8.78 Å². The maximum absolute atomic E-state index is 13.9. The van der Waals surface area contributed by atoms with Crippen LogP contribution in [0.15, 0.2) is 21.9 Å². The van der Waals surface area contributed by atoms with Gasteiger partial charge in [0, 0.05) is 12.3 Å². The molecule has 3 atom stereocenters. The molecule has 2 heterocycles.